The van der Waals surface area contributed by atoms with Crippen LogP contribution in [0.2, 0.25) is 0 Å². The van der Waals surface area contributed by atoms with Crippen molar-refractivity contribution in [3.63, 3.8) is 0 Å². The molecular formula is C42H78O9. The van der Waals surface area contributed by atoms with Gasteiger partial charge >= 0.3 is 5.97 Å². The molecule has 6 unspecified atom stereocenters. The highest BCUT2D eigenvalue weighted by molar-refractivity contribution is 5.69. The summed E-state index contributed by atoms with van der Waals surface area (Å²) >= 11 is 0. The number of ether oxygens (including phenoxy) is 4. The van der Waals surface area contributed by atoms with Crippen LogP contribution in [0.1, 0.15) is 174 Å². The lowest BCUT2D eigenvalue weighted by atomic mass is 9.99. The SMILES string of the molecule is CCCCC/C=C\CCCCCCCC(=O)OC(COCCCCCCCC/C=C\CCCCCCCC)COC1OC(CO)C(O)C(O)C1O. The van der Waals surface area contributed by atoms with Crippen molar-refractivity contribution in [1.82, 2.24) is 0 Å². The summed E-state index contributed by atoms with van der Waals surface area (Å²) in [6, 6.07) is 0. The highest BCUT2D eigenvalue weighted by atomic mass is 16.7. The summed E-state index contributed by atoms with van der Waals surface area (Å²) in [6.45, 7) is 4.50. The van der Waals surface area contributed by atoms with Crippen LogP contribution in [-0.4, -0.2) is 89.6 Å². The summed E-state index contributed by atoms with van der Waals surface area (Å²) in [5, 5.41) is 40.0. The first-order valence-corrected chi connectivity index (χ1v) is 20.9. The molecule has 1 heterocycles. The van der Waals surface area contributed by atoms with Gasteiger partial charge in [-0.3, -0.25) is 4.79 Å². The zero-order valence-electron chi connectivity index (χ0n) is 32.6. The van der Waals surface area contributed by atoms with Crippen LogP contribution in [0, 0.1) is 0 Å². The van der Waals surface area contributed by atoms with E-state index in [0.717, 1.165) is 44.9 Å². The zero-order valence-corrected chi connectivity index (χ0v) is 32.6. The minimum Gasteiger partial charge on any atom is -0.457 e. The summed E-state index contributed by atoms with van der Waals surface area (Å²) in [4.78, 5) is 12.7. The Bertz CT molecular complexity index is 833. The molecule has 1 fully saturated rings. The second kappa shape index (κ2) is 34.4. The van der Waals surface area contributed by atoms with Crippen LogP contribution in [0.3, 0.4) is 0 Å². The Hall–Kier alpha value is -1.33. The van der Waals surface area contributed by atoms with E-state index in [0.29, 0.717) is 13.0 Å². The van der Waals surface area contributed by atoms with Crippen LogP contribution >= 0.6 is 0 Å². The number of carbonyl (C=O) groups is 1. The van der Waals surface area contributed by atoms with Gasteiger partial charge in [-0.2, -0.15) is 0 Å². The van der Waals surface area contributed by atoms with E-state index < -0.39 is 43.4 Å². The molecular weight excluding hydrogens is 648 g/mol. The van der Waals surface area contributed by atoms with Gasteiger partial charge in [0.05, 0.1) is 19.8 Å². The summed E-state index contributed by atoms with van der Waals surface area (Å²) in [7, 11) is 0. The van der Waals surface area contributed by atoms with Crippen molar-refractivity contribution in [3.05, 3.63) is 24.3 Å². The Labute approximate surface area is 311 Å². The van der Waals surface area contributed by atoms with Crippen LogP contribution in [0.5, 0.6) is 0 Å². The molecule has 0 aromatic rings. The molecule has 1 saturated heterocycles. The van der Waals surface area contributed by atoms with E-state index in [1.807, 2.05) is 0 Å². The molecule has 6 atom stereocenters. The lowest BCUT2D eigenvalue weighted by Crippen LogP contribution is -2.59. The van der Waals surface area contributed by atoms with Crippen molar-refractivity contribution >= 4 is 5.97 Å². The monoisotopic (exact) mass is 727 g/mol. The number of hydrogen-bond acceptors (Lipinski definition) is 9. The first-order valence-electron chi connectivity index (χ1n) is 20.9. The number of aliphatic hydroxyl groups excluding tert-OH is 4. The minimum absolute atomic E-state index is 0.117. The Morgan fingerprint density at radius 3 is 1.63 bits per heavy atom. The van der Waals surface area contributed by atoms with Crippen LogP contribution in [0.15, 0.2) is 24.3 Å². The highest BCUT2D eigenvalue weighted by Crippen LogP contribution is 2.22. The van der Waals surface area contributed by atoms with Crippen LogP contribution in [0.25, 0.3) is 0 Å². The third kappa shape index (κ3) is 26.1. The molecule has 300 valence electrons. The Morgan fingerprint density at radius 1 is 0.608 bits per heavy atom. The van der Waals surface area contributed by atoms with E-state index in [1.54, 1.807) is 0 Å². The van der Waals surface area contributed by atoms with Gasteiger partial charge in [-0.1, -0.05) is 128 Å². The fourth-order valence-corrected chi connectivity index (χ4v) is 6.24. The molecule has 4 N–H and O–H groups in total. The molecule has 0 spiro atoms. The fourth-order valence-electron chi connectivity index (χ4n) is 6.24. The van der Waals surface area contributed by atoms with E-state index in [2.05, 4.69) is 38.2 Å². The Kier molecular flexibility index (Phi) is 32.2. The molecule has 9 nitrogen and oxygen atoms in total. The molecule has 1 rings (SSSR count). The molecule has 0 aromatic heterocycles. The summed E-state index contributed by atoms with van der Waals surface area (Å²) < 4.78 is 22.7. The maximum absolute atomic E-state index is 12.7. The Morgan fingerprint density at radius 2 is 1.08 bits per heavy atom. The van der Waals surface area contributed by atoms with Crippen molar-refractivity contribution in [3.8, 4) is 0 Å². The fraction of sp³-hybridized carbons (Fsp3) is 0.881. The molecule has 1 aliphatic heterocycles. The highest BCUT2D eigenvalue weighted by Gasteiger charge is 2.44. The van der Waals surface area contributed by atoms with Gasteiger partial charge in [0, 0.05) is 13.0 Å². The number of rotatable bonds is 35. The van der Waals surface area contributed by atoms with E-state index >= 15 is 0 Å². The lowest BCUT2D eigenvalue weighted by molar-refractivity contribution is -0.305. The summed E-state index contributed by atoms with van der Waals surface area (Å²) in [6.07, 6.45) is 30.6. The molecule has 1 aliphatic rings. The quantitative estimate of drug-likeness (QED) is 0.0288. The van der Waals surface area contributed by atoms with Gasteiger partial charge in [0.15, 0.2) is 6.29 Å². The van der Waals surface area contributed by atoms with Crippen molar-refractivity contribution in [2.75, 3.05) is 26.4 Å². The maximum Gasteiger partial charge on any atom is 0.306 e. The maximum atomic E-state index is 12.7. The van der Waals surface area contributed by atoms with Crippen molar-refractivity contribution in [1.29, 1.82) is 0 Å². The van der Waals surface area contributed by atoms with E-state index in [9.17, 15) is 25.2 Å². The van der Waals surface area contributed by atoms with Crippen LogP contribution in [-0.2, 0) is 23.7 Å². The number of unbranched alkanes of at least 4 members (excludes halogenated alkanes) is 20. The van der Waals surface area contributed by atoms with E-state index in [4.69, 9.17) is 18.9 Å². The summed E-state index contributed by atoms with van der Waals surface area (Å²) in [5.74, 6) is -0.326. The van der Waals surface area contributed by atoms with Gasteiger partial charge < -0.3 is 39.4 Å². The molecule has 0 radical (unpaired) electrons. The van der Waals surface area contributed by atoms with Gasteiger partial charge in [-0.25, -0.2) is 0 Å². The normalized spacial score (nSPS) is 21.6. The first kappa shape index (κ1) is 47.7. The first-order chi connectivity index (χ1) is 24.9. The standard InChI is InChI=1S/C42H78O9/c1-3-5-7-9-11-13-15-17-18-19-20-22-24-26-28-30-32-48-34-36(35-49-42-41(47)40(46)39(45)37(33-43)51-42)50-38(44)31-29-27-25-23-21-16-14-12-10-8-6-4-2/h12,14,17-18,36-37,39-43,45-47H,3-11,13,15-16,19-35H2,1-2H3/b14-12-,18-17-. The van der Waals surface area contributed by atoms with Gasteiger partial charge in [-0.15, -0.1) is 0 Å². The van der Waals surface area contributed by atoms with Crippen molar-refractivity contribution in [2.24, 2.45) is 0 Å². The second-order valence-corrected chi connectivity index (χ2v) is 14.4. The lowest BCUT2D eigenvalue weighted by Gasteiger charge is -2.39. The average Bonchev–Trinajstić information content (AvgIpc) is 3.13. The zero-order chi connectivity index (χ0) is 37.2. The molecule has 51 heavy (non-hydrogen) atoms. The van der Waals surface area contributed by atoms with Crippen molar-refractivity contribution < 1.29 is 44.2 Å². The topological polar surface area (TPSA) is 135 Å². The largest absolute Gasteiger partial charge is 0.457 e. The van der Waals surface area contributed by atoms with Gasteiger partial charge in [0.25, 0.3) is 0 Å². The molecule has 9 heteroatoms. The third-order valence-electron chi connectivity index (χ3n) is 9.59. The predicted molar refractivity (Wildman–Crippen MR) is 205 cm³/mol. The molecule has 0 amide bonds. The minimum atomic E-state index is -1.54. The van der Waals surface area contributed by atoms with Crippen molar-refractivity contribution in [2.45, 2.75) is 211 Å². The number of allylic oxidation sites excluding steroid dienone is 4. The molecule has 0 aliphatic carbocycles. The number of esters is 1. The van der Waals surface area contributed by atoms with Gasteiger partial charge in [0.1, 0.15) is 30.5 Å². The van der Waals surface area contributed by atoms with Crippen LogP contribution < -0.4 is 0 Å². The van der Waals surface area contributed by atoms with E-state index in [-0.39, 0.29) is 19.2 Å². The van der Waals surface area contributed by atoms with Gasteiger partial charge in [0.2, 0.25) is 0 Å². The number of hydrogen-bond donors (Lipinski definition) is 4. The number of carbonyl (C=O) groups excluding carboxylic acids is 1. The smallest absolute Gasteiger partial charge is 0.306 e. The van der Waals surface area contributed by atoms with Crippen LogP contribution in [0.4, 0.5) is 0 Å². The Balaban J connectivity index is 2.30. The summed E-state index contributed by atoms with van der Waals surface area (Å²) in [5.41, 5.74) is 0. The molecule has 0 aromatic carbocycles. The number of aliphatic hydroxyl groups is 4. The van der Waals surface area contributed by atoms with Gasteiger partial charge in [-0.05, 0) is 64.2 Å². The predicted octanol–water partition coefficient (Wildman–Crippen LogP) is 8.64. The third-order valence-corrected chi connectivity index (χ3v) is 9.59. The average molecular weight is 727 g/mol. The molecule has 0 saturated carbocycles. The second-order valence-electron chi connectivity index (χ2n) is 14.4. The van der Waals surface area contributed by atoms with E-state index in [1.165, 1.54) is 109 Å². The molecule has 0 bridgehead atoms.